The molecule has 1 saturated heterocycles. The summed E-state index contributed by atoms with van der Waals surface area (Å²) < 4.78 is 49.0. The normalized spacial score (nSPS) is 23.1. The van der Waals surface area contributed by atoms with Crippen LogP contribution in [0.2, 0.25) is 0 Å². The first-order valence-corrected chi connectivity index (χ1v) is 10.2. The predicted octanol–water partition coefficient (Wildman–Crippen LogP) is -0.492. The van der Waals surface area contributed by atoms with Gasteiger partial charge in [0.2, 0.25) is 10.0 Å². The van der Waals surface area contributed by atoms with Crippen LogP contribution < -0.4 is 0 Å². The fourth-order valence-corrected chi connectivity index (χ4v) is 7.09. The summed E-state index contributed by atoms with van der Waals surface area (Å²) >= 11 is 1.45. The molecule has 1 aliphatic heterocycles. The summed E-state index contributed by atoms with van der Waals surface area (Å²) in [5.41, 5.74) is 0. The Morgan fingerprint density at radius 3 is 2.56 bits per heavy atom. The van der Waals surface area contributed by atoms with Gasteiger partial charge in [-0.25, -0.2) is 16.8 Å². The summed E-state index contributed by atoms with van der Waals surface area (Å²) in [4.78, 5) is 0. The Bertz CT molecular complexity index is 459. The Kier molecular flexibility index (Phi) is 5.91. The van der Waals surface area contributed by atoms with E-state index in [4.69, 9.17) is 5.11 Å². The molecular weight excluding hydrogens is 298 g/mol. The standard InChI is InChI=1S/C9H19NO5S3/c1-2-17(12,13)9-8-16-6-4-10(9)18(14,15)7-3-5-11/h9,11H,2-8H2,1H3. The van der Waals surface area contributed by atoms with E-state index in [0.717, 1.165) is 4.31 Å². The SMILES string of the molecule is CCS(=O)(=O)C1CSCCN1S(=O)(=O)CCCO. The van der Waals surface area contributed by atoms with Crippen LogP contribution in [-0.2, 0) is 19.9 Å². The second-order valence-corrected chi connectivity index (χ2v) is 9.62. The molecule has 0 aromatic rings. The topological polar surface area (TPSA) is 91.8 Å². The number of nitrogens with zero attached hydrogens (tertiary/aromatic N) is 1. The molecule has 1 rings (SSSR count). The molecule has 1 atom stereocenters. The highest BCUT2D eigenvalue weighted by atomic mass is 32.2. The zero-order valence-electron chi connectivity index (χ0n) is 10.3. The summed E-state index contributed by atoms with van der Waals surface area (Å²) in [7, 11) is -7.02. The van der Waals surface area contributed by atoms with Gasteiger partial charge in [0.25, 0.3) is 0 Å². The van der Waals surface area contributed by atoms with Gasteiger partial charge in [0, 0.05) is 30.4 Å². The van der Waals surface area contributed by atoms with Crippen molar-refractivity contribution in [3.8, 4) is 0 Å². The van der Waals surface area contributed by atoms with Crippen molar-refractivity contribution >= 4 is 31.6 Å². The van der Waals surface area contributed by atoms with Gasteiger partial charge in [-0.05, 0) is 6.42 Å². The fourth-order valence-electron chi connectivity index (χ4n) is 1.72. The van der Waals surface area contributed by atoms with Crippen molar-refractivity contribution in [3.05, 3.63) is 0 Å². The Balaban J connectivity index is 2.96. The summed E-state index contributed by atoms with van der Waals surface area (Å²) in [5, 5.41) is 7.74. The number of rotatable bonds is 6. The molecule has 0 saturated carbocycles. The van der Waals surface area contributed by atoms with Crippen molar-refractivity contribution in [1.82, 2.24) is 4.31 Å². The molecule has 18 heavy (non-hydrogen) atoms. The third-order valence-electron chi connectivity index (χ3n) is 2.77. The molecule has 0 aliphatic carbocycles. The Labute approximate surface area is 113 Å². The lowest BCUT2D eigenvalue weighted by Gasteiger charge is -2.33. The van der Waals surface area contributed by atoms with Crippen molar-refractivity contribution in [2.45, 2.75) is 18.7 Å². The highest BCUT2D eigenvalue weighted by Gasteiger charge is 2.39. The molecule has 9 heteroatoms. The van der Waals surface area contributed by atoms with Gasteiger partial charge in [-0.1, -0.05) is 6.92 Å². The molecule has 0 radical (unpaired) electrons. The van der Waals surface area contributed by atoms with E-state index in [9.17, 15) is 16.8 Å². The molecular formula is C9H19NO5S3. The van der Waals surface area contributed by atoms with Gasteiger partial charge >= 0.3 is 0 Å². The van der Waals surface area contributed by atoms with Gasteiger partial charge in [-0.15, -0.1) is 0 Å². The van der Waals surface area contributed by atoms with Crippen LogP contribution in [0.15, 0.2) is 0 Å². The van der Waals surface area contributed by atoms with E-state index >= 15 is 0 Å². The third-order valence-corrected chi connectivity index (χ3v) is 8.15. The van der Waals surface area contributed by atoms with E-state index in [1.54, 1.807) is 0 Å². The number of hydrogen-bond donors (Lipinski definition) is 1. The van der Waals surface area contributed by atoms with Gasteiger partial charge in [0.05, 0.1) is 5.75 Å². The minimum Gasteiger partial charge on any atom is -0.396 e. The highest BCUT2D eigenvalue weighted by Crippen LogP contribution is 2.24. The van der Waals surface area contributed by atoms with Crippen LogP contribution >= 0.6 is 11.8 Å². The Morgan fingerprint density at radius 2 is 2.00 bits per heavy atom. The molecule has 0 spiro atoms. The molecule has 1 unspecified atom stereocenters. The number of sulfone groups is 1. The van der Waals surface area contributed by atoms with Crippen LogP contribution in [0.1, 0.15) is 13.3 Å². The van der Waals surface area contributed by atoms with E-state index in [0.29, 0.717) is 5.75 Å². The molecule has 1 aliphatic rings. The molecule has 0 bridgehead atoms. The minimum atomic E-state index is -3.61. The molecule has 6 nitrogen and oxygen atoms in total. The van der Waals surface area contributed by atoms with Gasteiger partial charge in [0.15, 0.2) is 9.84 Å². The third kappa shape index (κ3) is 3.83. The smallest absolute Gasteiger partial charge is 0.215 e. The lowest BCUT2D eigenvalue weighted by atomic mass is 10.5. The van der Waals surface area contributed by atoms with E-state index in [1.807, 2.05) is 0 Å². The zero-order valence-corrected chi connectivity index (χ0v) is 12.7. The van der Waals surface area contributed by atoms with Crippen molar-refractivity contribution in [2.75, 3.05) is 36.2 Å². The summed E-state index contributed by atoms with van der Waals surface area (Å²) in [6.45, 7) is 1.53. The van der Waals surface area contributed by atoms with Gasteiger partial charge in [0.1, 0.15) is 5.37 Å². The average molecular weight is 317 g/mol. The van der Waals surface area contributed by atoms with Crippen LogP contribution in [0.3, 0.4) is 0 Å². The molecule has 1 heterocycles. The molecule has 108 valence electrons. The molecule has 1 fully saturated rings. The van der Waals surface area contributed by atoms with Crippen molar-refractivity contribution in [2.24, 2.45) is 0 Å². The Morgan fingerprint density at radius 1 is 1.33 bits per heavy atom. The quantitative estimate of drug-likeness (QED) is 0.710. The highest BCUT2D eigenvalue weighted by molar-refractivity contribution is 8.01. The van der Waals surface area contributed by atoms with E-state index in [2.05, 4.69) is 0 Å². The first-order valence-electron chi connectivity index (χ1n) is 5.75. The minimum absolute atomic E-state index is 0.0652. The average Bonchev–Trinajstić information content (AvgIpc) is 2.36. The van der Waals surface area contributed by atoms with Crippen LogP contribution in [-0.4, -0.2) is 67.8 Å². The fraction of sp³-hybridized carbons (Fsp3) is 1.00. The first kappa shape index (κ1) is 16.2. The number of thioether (sulfide) groups is 1. The van der Waals surface area contributed by atoms with E-state index in [1.165, 1.54) is 18.7 Å². The molecule has 1 N–H and O–H groups in total. The van der Waals surface area contributed by atoms with Gasteiger partial charge in [-0.3, -0.25) is 0 Å². The first-order chi connectivity index (χ1) is 8.35. The second kappa shape index (κ2) is 6.56. The molecule has 0 aromatic carbocycles. The van der Waals surface area contributed by atoms with Crippen LogP contribution in [0.5, 0.6) is 0 Å². The van der Waals surface area contributed by atoms with E-state index in [-0.39, 0.29) is 36.8 Å². The summed E-state index contributed by atoms with van der Waals surface area (Å²) in [6, 6.07) is 0. The van der Waals surface area contributed by atoms with Crippen LogP contribution in [0.4, 0.5) is 0 Å². The number of sulfonamides is 1. The predicted molar refractivity (Wildman–Crippen MR) is 72.8 cm³/mol. The van der Waals surface area contributed by atoms with Crippen LogP contribution in [0, 0.1) is 0 Å². The Hall–Kier alpha value is 0.170. The van der Waals surface area contributed by atoms with Crippen molar-refractivity contribution in [1.29, 1.82) is 0 Å². The largest absolute Gasteiger partial charge is 0.396 e. The van der Waals surface area contributed by atoms with Gasteiger partial charge < -0.3 is 5.11 Å². The van der Waals surface area contributed by atoms with E-state index < -0.39 is 25.2 Å². The van der Waals surface area contributed by atoms with Gasteiger partial charge in [-0.2, -0.15) is 16.1 Å². The number of aliphatic hydroxyl groups excluding tert-OH is 1. The lowest BCUT2D eigenvalue weighted by Crippen LogP contribution is -2.51. The van der Waals surface area contributed by atoms with Crippen LogP contribution in [0.25, 0.3) is 0 Å². The number of aliphatic hydroxyl groups is 1. The summed E-state index contributed by atoms with van der Waals surface area (Å²) in [6.07, 6.45) is 0.130. The molecule has 0 aromatic heterocycles. The maximum Gasteiger partial charge on any atom is 0.215 e. The van der Waals surface area contributed by atoms with Crippen molar-refractivity contribution < 1.29 is 21.9 Å². The zero-order chi connectivity index (χ0) is 13.8. The summed E-state index contributed by atoms with van der Waals surface area (Å²) in [5.74, 6) is 0.622. The maximum atomic E-state index is 12.1. The molecule has 0 amide bonds. The second-order valence-electron chi connectivity index (χ2n) is 3.98. The monoisotopic (exact) mass is 317 g/mol. The maximum absolute atomic E-state index is 12.1. The van der Waals surface area contributed by atoms with Crippen molar-refractivity contribution in [3.63, 3.8) is 0 Å². The lowest BCUT2D eigenvalue weighted by molar-refractivity contribution is 0.293. The number of hydrogen-bond acceptors (Lipinski definition) is 6.